The molecule has 2 fully saturated rings. The van der Waals surface area contributed by atoms with Gasteiger partial charge < -0.3 is 10.1 Å². The van der Waals surface area contributed by atoms with Gasteiger partial charge >= 0.3 is 0 Å². The molecule has 176 valence electrons. The van der Waals surface area contributed by atoms with E-state index in [2.05, 4.69) is 32.3 Å². The summed E-state index contributed by atoms with van der Waals surface area (Å²) in [4.78, 5) is 24.0. The van der Waals surface area contributed by atoms with Crippen molar-refractivity contribution in [3.05, 3.63) is 52.6 Å². The first-order chi connectivity index (χ1) is 16.2. The van der Waals surface area contributed by atoms with E-state index in [1.54, 1.807) is 19.6 Å². The second-order valence-corrected chi connectivity index (χ2v) is 10.0. The highest BCUT2D eigenvalue weighted by molar-refractivity contribution is 5.95. The fraction of sp³-hybridized carbons (Fsp3) is 0.593. The quantitative estimate of drug-likeness (QED) is 0.691. The predicted molar refractivity (Wildman–Crippen MR) is 128 cm³/mol. The number of likely N-dealkylation sites (tertiary alicyclic amines) is 1. The molecule has 0 radical (unpaired) electrons. The van der Waals surface area contributed by atoms with E-state index in [9.17, 15) is 4.79 Å². The van der Waals surface area contributed by atoms with Crippen LogP contribution in [0, 0.1) is 5.92 Å². The van der Waals surface area contributed by atoms with Gasteiger partial charge in [0.25, 0.3) is 5.91 Å². The third kappa shape index (κ3) is 5.21. The topological polar surface area (TPSA) is 67.3 Å². The summed E-state index contributed by atoms with van der Waals surface area (Å²) in [6.45, 7) is 3.09. The van der Waals surface area contributed by atoms with Crippen LogP contribution >= 0.6 is 0 Å². The number of rotatable bonds is 7. The molecule has 0 bridgehead atoms. The normalized spacial score (nSPS) is 19.5. The van der Waals surface area contributed by atoms with Gasteiger partial charge in [-0.3, -0.25) is 9.69 Å². The van der Waals surface area contributed by atoms with Crippen molar-refractivity contribution in [3.63, 3.8) is 0 Å². The molecule has 1 aromatic carbocycles. The number of amides is 1. The lowest BCUT2D eigenvalue weighted by Crippen LogP contribution is -2.35. The third-order valence-electron chi connectivity index (χ3n) is 7.81. The van der Waals surface area contributed by atoms with Gasteiger partial charge in [0.05, 0.1) is 18.4 Å². The van der Waals surface area contributed by atoms with Gasteiger partial charge in [0, 0.05) is 24.3 Å². The predicted octanol–water partition coefficient (Wildman–Crippen LogP) is 4.10. The van der Waals surface area contributed by atoms with Gasteiger partial charge in [-0.1, -0.05) is 18.9 Å². The number of hydrogen-bond donors (Lipinski definition) is 1. The molecular formula is C27H36N4O2. The van der Waals surface area contributed by atoms with Crippen LogP contribution < -0.4 is 10.1 Å². The van der Waals surface area contributed by atoms with E-state index in [0.717, 1.165) is 63.2 Å². The first-order valence-corrected chi connectivity index (χ1v) is 12.7. The van der Waals surface area contributed by atoms with E-state index in [4.69, 9.17) is 4.74 Å². The zero-order chi connectivity index (χ0) is 22.6. The average Bonchev–Trinajstić information content (AvgIpc) is 3.52. The van der Waals surface area contributed by atoms with Gasteiger partial charge in [-0.25, -0.2) is 9.97 Å². The van der Waals surface area contributed by atoms with Crippen LogP contribution in [0.5, 0.6) is 5.75 Å². The molecule has 33 heavy (non-hydrogen) atoms. The molecule has 1 saturated heterocycles. The van der Waals surface area contributed by atoms with Gasteiger partial charge in [0.2, 0.25) is 0 Å². The fourth-order valence-corrected chi connectivity index (χ4v) is 5.87. The van der Waals surface area contributed by atoms with E-state index in [0.29, 0.717) is 17.5 Å². The zero-order valence-corrected chi connectivity index (χ0v) is 19.8. The number of nitrogens with one attached hydrogen (secondary N) is 1. The second kappa shape index (κ2) is 10.2. The number of carbonyl (C=O) groups excluding carboxylic acids is 1. The van der Waals surface area contributed by atoms with Crippen LogP contribution in [-0.2, 0) is 25.8 Å². The summed E-state index contributed by atoms with van der Waals surface area (Å²) in [5.41, 5.74) is 5.85. The van der Waals surface area contributed by atoms with E-state index in [-0.39, 0.29) is 5.91 Å². The van der Waals surface area contributed by atoms with Crippen LogP contribution in [0.3, 0.4) is 0 Å². The van der Waals surface area contributed by atoms with Gasteiger partial charge in [0.1, 0.15) is 12.1 Å². The molecule has 0 unspecified atom stereocenters. The van der Waals surface area contributed by atoms with Crippen LogP contribution in [-0.4, -0.2) is 47.0 Å². The molecule has 3 aliphatic rings. The molecule has 2 aromatic rings. The minimum Gasteiger partial charge on any atom is -0.496 e. The fourth-order valence-electron chi connectivity index (χ4n) is 5.87. The molecule has 0 atom stereocenters. The number of hydrogen-bond acceptors (Lipinski definition) is 5. The summed E-state index contributed by atoms with van der Waals surface area (Å²) in [6, 6.07) is 4.95. The molecule has 6 nitrogen and oxygen atoms in total. The number of aryl methyl sites for hydroxylation is 2. The summed E-state index contributed by atoms with van der Waals surface area (Å²) in [5.74, 6) is 1.59. The Morgan fingerprint density at radius 1 is 1.09 bits per heavy atom. The molecule has 5 rings (SSSR count). The van der Waals surface area contributed by atoms with Crippen molar-refractivity contribution >= 4 is 5.91 Å². The number of piperidine rings is 1. The largest absolute Gasteiger partial charge is 0.496 e. The molecular weight excluding hydrogens is 412 g/mol. The van der Waals surface area contributed by atoms with Crippen molar-refractivity contribution in [2.24, 2.45) is 5.92 Å². The van der Waals surface area contributed by atoms with Gasteiger partial charge in [-0.15, -0.1) is 0 Å². The SMILES string of the molecule is COc1cc2c(cc1CN1CCC(Cc3ncncc3C(=O)NC3CCCC3)CC1)CCC2. The van der Waals surface area contributed by atoms with Crippen LogP contribution in [0.4, 0.5) is 0 Å². The van der Waals surface area contributed by atoms with Crippen molar-refractivity contribution in [2.75, 3.05) is 20.2 Å². The van der Waals surface area contributed by atoms with Crippen LogP contribution in [0.25, 0.3) is 0 Å². The van der Waals surface area contributed by atoms with Gasteiger partial charge in [0.15, 0.2) is 0 Å². The Hall–Kier alpha value is -2.47. The second-order valence-electron chi connectivity index (χ2n) is 10.0. The Morgan fingerprint density at radius 3 is 2.61 bits per heavy atom. The lowest BCUT2D eigenvalue weighted by atomic mass is 9.90. The van der Waals surface area contributed by atoms with Gasteiger partial charge in [-0.2, -0.15) is 0 Å². The summed E-state index contributed by atoms with van der Waals surface area (Å²) in [5, 5.41) is 3.20. The Balaban J connectivity index is 1.18. The molecule has 0 spiro atoms. The van der Waals surface area contributed by atoms with Crippen molar-refractivity contribution < 1.29 is 9.53 Å². The Morgan fingerprint density at radius 2 is 1.85 bits per heavy atom. The van der Waals surface area contributed by atoms with Gasteiger partial charge in [-0.05, 0) is 87.6 Å². The number of ether oxygens (including phenoxy) is 1. The molecule has 1 amide bonds. The van der Waals surface area contributed by atoms with Crippen molar-refractivity contribution in [3.8, 4) is 5.75 Å². The highest BCUT2D eigenvalue weighted by atomic mass is 16.5. The van der Waals surface area contributed by atoms with Crippen molar-refractivity contribution in [1.29, 1.82) is 0 Å². The van der Waals surface area contributed by atoms with Crippen LogP contribution in [0.1, 0.15) is 77.7 Å². The minimum absolute atomic E-state index is 0.00126. The third-order valence-corrected chi connectivity index (χ3v) is 7.81. The standard InChI is InChI=1S/C27H36N4O2/c1-33-26-15-21-6-4-5-20(21)14-22(26)17-31-11-9-19(10-12-31)13-25-24(16-28-18-29-25)27(32)30-23-7-2-3-8-23/h14-16,18-19,23H,2-13,17H2,1H3,(H,30,32). The molecule has 1 N–H and O–H groups in total. The molecule has 2 heterocycles. The monoisotopic (exact) mass is 448 g/mol. The van der Waals surface area contributed by atoms with Crippen molar-refractivity contribution in [2.45, 2.75) is 76.8 Å². The maximum atomic E-state index is 12.8. The minimum atomic E-state index is -0.00126. The zero-order valence-electron chi connectivity index (χ0n) is 19.8. The molecule has 1 aromatic heterocycles. The maximum absolute atomic E-state index is 12.8. The summed E-state index contributed by atoms with van der Waals surface area (Å²) < 4.78 is 5.72. The highest BCUT2D eigenvalue weighted by Crippen LogP contribution is 2.32. The average molecular weight is 449 g/mol. The Kier molecular flexibility index (Phi) is 6.91. The highest BCUT2D eigenvalue weighted by Gasteiger charge is 2.25. The van der Waals surface area contributed by atoms with Crippen LogP contribution in [0.15, 0.2) is 24.7 Å². The van der Waals surface area contributed by atoms with Crippen molar-refractivity contribution in [1.82, 2.24) is 20.2 Å². The van der Waals surface area contributed by atoms with E-state index in [1.165, 1.54) is 48.8 Å². The van der Waals surface area contributed by atoms with E-state index >= 15 is 0 Å². The molecule has 1 saturated carbocycles. The first kappa shape index (κ1) is 22.3. The van der Waals surface area contributed by atoms with E-state index < -0.39 is 0 Å². The van der Waals surface area contributed by atoms with E-state index in [1.807, 2.05) is 0 Å². The molecule has 1 aliphatic heterocycles. The summed E-state index contributed by atoms with van der Waals surface area (Å²) in [7, 11) is 1.79. The lowest BCUT2D eigenvalue weighted by Gasteiger charge is -2.32. The lowest BCUT2D eigenvalue weighted by molar-refractivity contribution is 0.0935. The molecule has 6 heteroatoms. The maximum Gasteiger partial charge on any atom is 0.254 e. The number of carbonyl (C=O) groups is 1. The first-order valence-electron chi connectivity index (χ1n) is 12.7. The number of nitrogens with zero attached hydrogens (tertiary/aromatic N) is 3. The van der Waals surface area contributed by atoms with Crippen LogP contribution in [0.2, 0.25) is 0 Å². The Bertz CT molecular complexity index is 978. The number of benzene rings is 1. The number of fused-ring (bicyclic) bond motifs is 1. The summed E-state index contributed by atoms with van der Waals surface area (Å²) in [6.07, 6.45) is 14.6. The number of methoxy groups -OCH3 is 1. The summed E-state index contributed by atoms with van der Waals surface area (Å²) >= 11 is 0. The Labute approximate surface area is 197 Å². The smallest absolute Gasteiger partial charge is 0.254 e. The number of aromatic nitrogens is 2. The molecule has 2 aliphatic carbocycles.